The molecule has 0 heterocycles. The monoisotopic (exact) mass is 725 g/mol. The summed E-state index contributed by atoms with van der Waals surface area (Å²) in [5.41, 5.74) is 0. The maximum Gasteiger partial charge on any atom is -0.00173 e. The van der Waals surface area contributed by atoms with Crippen LogP contribution in [-0.4, -0.2) is 131 Å². The van der Waals surface area contributed by atoms with E-state index in [2.05, 4.69) is 67.0 Å². The highest BCUT2D eigenvalue weighted by atomic mass is 14.9. The summed E-state index contributed by atoms with van der Waals surface area (Å²) in [6, 6.07) is 0. The lowest BCUT2D eigenvalue weighted by molar-refractivity contribution is 0.520. The third-order valence-electron chi connectivity index (χ3n) is 10.0. The predicted octanol–water partition coefficient (Wildman–Crippen LogP) is 3.80. The molecule has 51 heavy (non-hydrogen) atoms. The second-order valence-corrected chi connectivity index (χ2v) is 15.0. The molecule has 1 rings (SSSR count). The van der Waals surface area contributed by atoms with Crippen LogP contribution < -0.4 is 53.2 Å². The standard InChI is InChI=1S/C41H92N10/c1-3-42-21-5-7-23-44-25-9-11-27-46-29-13-15-31-48-33-17-19-35-50-38-40-37-41(40)39-51-36-20-18-34-49-32-16-14-30-47-28-12-10-26-45-24-8-6-22-43-4-2/h40-51H,3-39H2,1-2H3. The molecular formula is C41H92N10. The van der Waals surface area contributed by atoms with Crippen molar-refractivity contribution in [2.24, 2.45) is 11.8 Å². The van der Waals surface area contributed by atoms with Gasteiger partial charge in [-0.3, -0.25) is 0 Å². The summed E-state index contributed by atoms with van der Waals surface area (Å²) in [6.45, 7) is 27.6. The Hall–Kier alpha value is -0.400. The van der Waals surface area contributed by atoms with Crippen molar-refractivity contribution < 1.29 is 0 Å². The molecule has 0 aromatic carbocycles. The molecule has 0 spiro atoms. The molecule has 2 unspecified atom stereocenters. The molecule has 0 bridgehead atoms. The van der Waals surface area contributed by atoms with E-state index >= 15 is 0 Å². The first-order valence-electron chi connectivity index (χ1n) is 22.5. The van der Waals surface area contributed by atoms with Gasteiger partial charge in [0.2, 0.25) is 0 Å². The zero-order valence-electron chi connectivity index (χ0n) is 34.3. The lowest BCUT2D eigenvalue weighted by atomic mass is 10.2. The molecule has 306 valence electrons. The maximum absolute atomic E-state index is 3.72. The Morgan fingerprint density at radius 2 is 0.431 bits per heavy atom. The first-order chi connectivity index (χ1) is 25.4. The number of nitrogens with one attached hydrogen (secondary N) is 10. The van der Waals surface area contributed by atoms with Crippen LogP contribution in [0.2, 0.25) is 0 Å². The highest BCUT2D eigenvalue weighted by Gasteiger charge is 2.35. The van der Waals surface area contributed by atoms with E-state index in [0.29, 0.717) is 0 Å². The van der Waals surface area contributed by atoms with Crippen molar-refractivity contribution in [1.82, 2.24) is 53.2 Å². The molecule has 1 aliphatic carbocycles. The maximum atomic E-state index is 3.72. The Kier molecular flexibility index (Phi) is 40.4. The van der Waals surface area contributed by atoms with Gasteiger partial charge in [-0.05, 0) is 252 Å². The Morgan fingerprint density at radius 1 is 0.255 bits per heavy atom. The summed E-state index contributed by atoms with van der Waals surface area (Å²) in [7, 11) is 0. The van der Waals surface area contributed by atoms with E-state index < -0.39 is 0 Å². The Labute approximate surface area is 318 Å². The molecular weight excluding hydrogens is 633 g/mol. The van der Waals surface area contributed by atoms with E-state index in [1.165, 1.54) is 135 Å². The highest BCUT2D eigenvalue weighted by Crippen LogP contribution is 2.37. The van der Waals surface area contributed by atoms with Crippen molar-refractivity contribution >= 4 is 0 Å². The zero-order chi connectivity index (χ0) is 36.4. The fourth-order valence-corrected chi connectivity index (χ4v) is 6.49. The van der Waals surface area contributed by atoms with Gasteiger partial charge < -0.3 is 53.2 Å². The van der Waals surface area contributed by atoms with E-state index in [1.807, 2.05) is 0 Å². The van der Waals surface area contributed by atoms with Gasteiger partial charge in [0.1, 0.15) is 0 Å². The minimum Gasteiger partial charge on any atom is -0.317 e. The van der Waals surface area contributed by atoms with Gasteiger partial charge in [-0.15, -0.1) is 0 Å². The van der Waals surface area contributed by atoms with Crippen LogP contribution in [0.1, 0.15) is 123 Å². The minimum absolute atomic E-state index is 0.908. The van der Waals surface area contributed by atoms with Crippen LogP contribution >= 0.6 is 0 Å². The number of hydrogen-bond donors (Lipinski definition) is 10. The van der Waals surface area contributed by atoms with Crippen LogP contribution in [0, 0.1) is 11.8 Å². The summed E-state index contributed by atoms with van der Waals surface area (Å²) in [5.74, 6) is 1.82. The Balaban J connectivity index is 1.64. The summed E-state index contributed by atoms with van der Waals surface area (Å²) in [4.78, 5) is 0. The van der Waals surface area contributed by atoms with Crippen molar-refractivity contribution in [3.63, 3.8) is 0 Å². The molecule has 10 nitrogen and oxygen atoms in total. The first-order valence-corrected chi connectivity index (χ1v) is 22.5. The topological polar surface area (TPSA) is 120 Å². The van der Waals surface area contributed by atoms with E-state index in [9.17, 15) is 0 Å². The quantitative estimate of drug-likeness (QED) is 0.0425. The normalized spacial score (nSPS) is 15.6. The van der Waals surface area contributed by atoms with Crippen molar-refractivity contribution in [2.45, 2.75) is 123 Å². The van der Waals surface area contributed by atoms with Gasteiger partial charge in [-0.25, -0.2) is 0 Å². The first kappa shape index (κ1) is 48.6. The molecule has 10 N–H and O–H groups in total. The predicted molar refractivity (Wildman–Crippen MR) is 226 cm³/mol. The number of unbranched alkanes of at least 4 members (excludes halogenated alkanes) is 8. The summed E-state index contributed by atoms with van der Waals surface area (Å²) in [6.07, 6.45) is 21.9. The zero-order valence-corrected chi connectivity index (χ0v) is 34.3. The van der Waals surface area contributed by atoms with E-state index in [4.69, 9.17) is 0 Å². The molecule has 0 aromatic heterocycles. The highest BCUT2D eigenvalue weighted by molar-refractivity contribution is 4.89. The van der Waals surface area contributed by atoms with Crippen LogP contribution in [0.15, 0.2) is 0 Å². The second-order valence-electron chi connectivity index (χ2n) is 15.0. The van der Waals surface area contributed by atoms with Crippen molar-refractivity contribution in [3.8, 4) is 0 Å². The van der Waals surface area contributed by atoms with E-state index in [0.717, 1.165) is 117 Å². The molecule has 0 radical (unpaired) electrons. The van der Waals surface area contributed by atoms with E-state index in [1.54, 1.807) is 0 Å². The van der Waals surface area contributed by atoms with Gasteiger partial charge >= 0.3 is 0 Å². The third-order valence-corrected chi connectivity index (χ3v) is 10.0. The van der Waals surface area contributed by atoms with Crippen LogP contribution in [0.3, 0.4) is 0 Å². The van der Waals surface area contributed by atoms with Gasteiger partial charge in [0, 0.05) is 0 Å². The van der Waals surface area contributed by atoms with Crippen molar-refractivity contribution in [3.05, 3.63) is 0 Å². The fraction of sp³-hybridized carbons (Fsp3) is 1.00. The van der Waals surface area contributed by atoms with Crippen LogP contribution in [0.5, 0.6) is 0 Å². The van der Waals surface area contributed by atoms with Crippen molar-refractivity contribution in [1.29, 1.82) is 0 Å². The fourth-order valence-electron chi connectivity index (χ4n) is 6.49. The average molecular weight is 725 g/mol. The van der Waals surface area contributed by atoms with Gasteiger partial charge in [-0.2, -0.15) is 0 Å². The lowest BCUT2D eigenvalue weighted by Crippen LogP contribution is -2.24. The average Bonchev–Trinajstić information content (AvgIpc) is 3.90. The molecule has 0 aromatic rings. The lowest BCUT2D eigenvalue weighted by Gasteiger charge is -2.08. The molecule has 10 heteroatoms. The van der Waals surface area contributed by atoms with Gasteiger partial charge in [-0.1, -0.05) is 13.8 Å². The molecule has 0 saturated heterocycles. The SMILES string of the molecule is CCNCCCCNCCCCNCCCCNCCCCNCC1CC1CNCCCCNCCCCNCCCCNCCCCNCC. The molecule has 0 aliphatic heterocycles. The summed E-state index contributed by atoms with van der Waals surface area (Å²) < 4.78 is 0. The van der Waals surface area contributed by atoms with E-state index in [-0.39, 0.29) is 0 Å². The van der Waals surface area contributed by atoms with Gasteiger partial charge in [0.05, 0.1) is 0 Å². The Morgan fingerprint density at radius 3 is 0.627 bits per heavy atom. The number of rotatable bonds is 46. The molecule has 1 aliphatic rings. The van der Waals surface area contributed by atoms with Gasteiger partial charge in [0.15, 0.2) is 0 Å². The largest absolute Gasteiger partial charge is 0.317 e. The van der Waals surface area contributed by atoms with Crippen LogP contribution in [0.4, 0.5) is 0 Å². The smallest absolute Gasteiger partial charge is 0.00173 e. The minimum atomic E-state index is 0.908. The Bertz CT molecular complexity index is 592. The molecule has 0 amide bonds. The molecule has 2 atom stereocenters. The third kappa shape index (κ3) is 39.1. The molecule has 1 saturated carbocycles. The summed E-state index contributed by atoms with van der Waals surface area (Å²) >= 11 is 0. The summed E-state index contributed by atoms with van der Waals surface area (Å²) in [5, 5.41) is 35.8. The number of hydrogen-bond acceptors (Lipinski definition) is 10. The molecule has 1 fully saturated rings. The van der Waals surface area contributed by atoms with Crippen LogP contribution in [0.25, 0.3) is 0 Å². The van der Waals surface area contributed by atoms with Gasteiger partial charge in [0.25, 0.3) is 0 Å². The second kappa shape index (κ2) is 42.3. The van der Waals surface area contributed by atoms with Crippen molar-refractivity contribution in [2.75, 3.05) is 131 Å². The van der Waals surface area contributed by atoms with Crippen LogP contribution in [-0.2, 0) is 0 Å².